The SMILES string of the molecule is Cc1cc(NC(=O)[C@H](Cc2ccccc2)NC(=O)NCc2ccccc2)ccn1. The number of aromatic nitrogens is 1. The number of urea groups is 1. The van der Waals surface area contributed by atoms with Gasteiger partial charge in [0.15, 0.2) is 0 Å². The molecule has 1 heterocycles. The Morgan fingerprint density at radius 1 is 0.931 bits per heavy atom. The maximum atomic E-state index is 12.9. The van der Waals surface area contributed by atoms with Gasteiger partial charge in [0.05, 0.1) is 0 Å². The van der Waals surface area contributed by atoms with Crippen molar-refractivity contribution in [3.8, 4) is 0 Å². The van der Waals surface area contributed by atoms with Crippen LogP contribution in [0.4, 0.5) is 10.5 Å². The topological polar surface area (TPSA) is 83.1 Å². The summed E-state index contributed by atoms with van der Waals surface area (Å²) in [7, 11) is 0. The number of hydrogen-bond acceptors (Lipinski definition) is 3. The summed E-state index contributed by atoms with van der Waals surface area (Å²) in [6.07, 6.45) is 2.02. The number of nitrogens with one attached hydrogen (secondary N) is 3. The van der Waals surface area contributed by atoms with E-state index in [-0.39, 0.29) is 5.91 Å². The lowest BCUT2D eigenvalue weighted by molar-refractivity contribution is -0.117. The first-order valence-corrected chi connectivity index (χ1v) is 9.46. The van der Waals surface area contributed by atoms with E-state index < -0.39 is 12.1 Å². The minimum Gasteiger partial charge on any atom is -0.334 e. The second-order valence-electron chi connectivity index (χ2n) is 6.73. The van der Waals surface area contributed by atoms with Crippen LogP contribution in [-0.4, -0.2) is 23.0 Å². The van der Waals surface area contributed by atoms with Crippen LogP contribution in [0.2, 0.25) is 0 Å². The van der Waals surface area contributed by atoms with Crippen molar-refractivity contribution < 1.29 is 9.59 Å². The number of pyridine rings is 1. The molecule has 1 atom stereocenters. The molecule has 0 saturated heterocycles. The number of carbonyl (C=O) groups is 2. The first-order chi connectivity index (χ1) is 14.1. The standard InChI is InChI=1S/C23H24N4O2/c1-17-14-20(12-13-24-17)26-22(28)21(15-18-8-4-2-5-9-18)27-23(29)25-16-19-10-6-3-7-11-19/h2-14,21H,15-16H2,1H3,(H,24,26,28)(H2,25,27,29)/t21-/m0/s1. The molecule has 0 unspecified atom stereocenters. The van der Waals surface area contributed by atoms with Crippen molar-refractivity contribution in [2.24, 2.45) is 0 Å². The first kappa shape index (κ1) is 20.1. The zero-order chi connectivity index (χ0) is 20.5. The molecule has 0 aliphatic carbocycles. The molecule has 6 nitrogen and oxygen atoms in total. The summed E-state index contributed by atoms with van der Waals surface area (Å²) in [6, 6.07) is 21.6. The van der Waals surface area contributed by atoms with Crippen LogP contribution in [-0.2, 0) is 17.8 Å². The summed E-state index contributed by atoms with van der Waals surface area (Å²) in [5.41, 5.74) is 3.39. The normalized spacial score (nSPS) is 11.3. The van der Waals surface area contributed by atoms with Gasteiger partial charge in [0.25, 0.3) is 0 Å². The predicted molar refractivity (Wildman–Crippen MR) is 113 cm³/mol. The van der Waals surface area contributed by atoms with Gasteiger partial charge < -0.3 is 16.0 Å². The van der Waals surface area contributed by atoms with E-state index in [1.807, 2.05) is 67.6 Å². The molecule has 3 amide bonds. The van der Waals surface area contributed by atoms with E-state index in [9.17, 15) is 9.59 Å². The maximum Gasteiger partial charge on any atom is 0.315 e. The zero-order valence-electron chi connectivity index (χ0n) is 16.3. The van der Waals surface area contributed by atoms with E-state index in [0.717, 1.165) is 16.8 Å². The largest absolute Gasteiger partial charge is 0.334 e. The number of hydrogen-bond donors (Lipinski definition) is 3. The highest BCUT2D eigenvalue weighted by atomic mass is 16.2. The van der Waals surface area contributed by atoms with E-state index in [0.29, 0.717) is 18.7 Å². The molecule has 0 fully saturated rings. The molecular weight excluding hydrogens is 364 g/mol. The number of amides is 3. The summed E-state index contributed by atoms with van der Waals surface area (Å²) in [6.45, 7) is 2.24. The third-order valence-corrected chi connectivity index (χ3v) is 4.36. The van der Waals surface area contributed by atoms with Crippen LogP contribution in [0, 0.1) is 6.92 Å². The lowest BCUT2D eigenvalue weighted by atomic mass is 10.1. The van der Waals surface area contributed by atoms with Gasteiger partial charge in [-0.2, -0.15) is 0 Å². The highest BCUT2D eigenvalue weighted by molar-refractivity contribution is 5.97. The molecule has 0 aliphatic heterocycles. The van der Waals surface area contributed by atoms with E-state index in [1.54, 1.807) is 18.3 Å². The van der Waals surface area contributed by atoms with Crippen LogP contribution >= 0.6 is 0 Å². The molecule has 0 aliphatic rings. The van der Waals surface area contributed by atoms with Crippen LogP contribution in [0.1, 0.15) is 16.8 Å². The molecule has 3 rings (SSSR count). The third-order valence-electron chi connectivity index (χ3n) is 4.36. The van der Waals surface area contributed by atoms with Gasteiger partial charge >= 0.3 is 6.03 Å². The van der Waals surface area contributed by atoms with Crippen molar-refractivity contribution in [1.82, 2.24) is 15.6 Å². The van der Waals surface area contributed by atoms with Gasteiger partial charge in [0.1, 0.15) is 6.04 Å². The number of benzene rings is 2. The maximum absolute atomic E-state index is 12.9. The Morgan fingerprint density at radius 3 is 2.24 bits per heavy atom. The molecular formula is C23H24N4O2. The van der Waals surface area contributed by atoms with Gasteiger partial charge in [-0.15, -0.1) is 0 Å². The Kier molecular flexibility index (Phi) is 6.95. The number of anilines is 1. The Hall–Kier alpha value is -3.67. The molecule has 2 aromatic carbocycles. The van der Waals surface area contributed by atoms with Gasteiger partial charge in [-0.3, -0.25) is 9.78 Å². The lowest BCUT2D eigenvalue weighted by Crippen LogP contribution is -2.49. The highest BCUT2D eigenvalue weighted by Gasteiger charge is 2.21. The van der Waals surface area contributed by atoms with E-state index in [1.165, 1.54) is 0 Å². The van der Waals surface area contributed by atoms with Crippen molar-refractivity contribution in [3.05, 3.63) is 95.8 Å². The summed E-state index contributed by atoms with van der Waals surface area (Å²) in [5, 5.41) is 8.46. The molecule has 0 spiro atoms. The summed E-state index contributed by atoms with van der Waals surface area (Å²) in [5.74, 6) is -0.283. The summed E-state index contributed by atoms with van der Waals surface area (Å²) < 4.78 is 0. The fourth-order valence-electron chi connectivity index (χ4n) is 2.90. The molecule has 0 bridgehead atoms. The van der Waals surface area contributed by atoms with Crippen molar-refractivity contribution >= 4 is 17.6 Å². The number of carbonyl (C=O) groups excluding carboxylic acids is 2. The second kappa shape index (κ2) is 10.0. The van der Waals surface area contributed by atoms with Gasteiger partial charge in [0.2, 0.25) is 5.91 Å². The number of nitrogens with zero attached hydrogens (tertiary/aromatic N) is 1. The molecule has 1 aromatic heterocycles. The molecule has 148 valence electrons. The van der Waals surface area contributed by atoms with Gasteiger partial charge in [-0.1, -0.05) is 60.7 Å². The molecule has 3 N–H and O–H groups in total. The van der Waals surface area contributed by atoms with Gasteiger partial charge in [-0.05, 0) is 30.2 Å². The molecule has 3 aromatic rings. The summed E-state index contributed by atoms with van der Waals surface area (Å²) in [4.78, 5) is 29.4. The van der Waals surface area contributed by atoms with E-state index in [2.05, 4.69) is 20.9 Å². The number of rotatable bonds is 7. The lowest BCUT2D eigenvalue weighted by Gasteiger charge is -2.19. The molecule has 29 heavy (non-hydrogen) atoms. The van der Waals surface area contributed by atoms with Crippen molar-refractivity contribution in [2.45, 2.75) is 25.9 Å². The Morgan fingerprint density at radius 2 is 1.59 bits per heavy atom. The third kappa shape index (κ3) is 6.46. The molecule has 0 radical (unpaired) electrons. The van der Waals surface area contributed by atoms with Crippen molar-refractivity contribution in [3.63, 3.8) is 0 Å². The van der Waals surface area contributed by atoms with Gasteiger partial charge in [-0.25, -0.2) is 4.79 Å². The quantitative estimate of drug-likeness (QED) is 0.580. The van der Waals surface area contributed by atoms with Crippen molar-refractivity contribution in [2.75, 3.05) is 5.32 Å². The van der Waals surface area contributed by atoms with Crippen LogP contribution in [0.25, 0.3) is 0 Å². The average molecular weight is 388 g/mol. The Labute approximate surface area is 170 Å². The van der Waals surface area contributed by atoms with Crippen LogP contribution in [0.5, 0.6) is 0 Å². The average Bonchev–Trinajstić information content (AvgIpc) is 2.73. The zero-order valence-corrected chi connectivity index (χ0v) is 16.3. The molecule has 0 saturated carbocycles. The second-order valence-corrected chi connectivity index (χ2v) is 6.73. The number of aryl methyl sites for hydroxylation is 1. The summed E-state index contributed by atoms with van der Waals surface area (Å²) >= 11 is 0. The van der Waals surface area contributed by atoms with Gasteiger partial charge in [0, 0.05) is 30.5 Å². The first-order valence-electron chi connectivity index (χ1n) is 9.46. The van der Waals surface area contributed by atoms with Crippen LogP contribution in [0.3, 0.4) is 0 Å². The fraction of sp³-hybridized carbons (Fsp3) is 0.174. The van der Waals surface area contributed by atoms with Crippen molar-refractivity contribution in [1.29, 1.82) is 0 Å². The highest BCUT2D eigenvalue weighted by Crippen LogP contribution is 2.10. The Balaban J connectivity index is 1.66. The molecule has 6 heteroatoms. The minimum absolute atomic E-state index is 0.283. The van der Waals surface area contributed by atoms with E-state index in [4.69, 9.17) is 0 Å². The fourth-order valence-corrected chi connectivity index (χ4v) is 2.90. The minimum atomic E-state index is -0.721. The smallest absolute Gasteiger partial charge is 0.315 e. The monoisotopic (exact) mass is 388 g/mol. The van der Waals surface area contributed by atoms with Crippen LogP contribution in [0.15, 0.2) is 79.0 Å². The van der Waals surface area contributed by atoms with E-state index >= 15 is 0 Å². The van der Waals surface area contributed by atoms with Crippen LogP contribution < -0.4 is 16.0 Å². The Bertz CT molecular complexity index is 945. The predicted octanol–water partition coefficient (Wildman–Crippen LogP) is 3.44.